The van der Waals surface area contributed by atoms with Crippen LogP contribution in [0.25, 0.3) is 0 Å². The molecule has 3 aromatic carbocycles. The highest BCUT2D eigenvalue weighted by atomic mass is 35.5. The molecule has 1 atom stereocenters. The monoisotopic (exact) mass is 515 g/mol. The van der Waals surface area contributed by atoms with Gasteiger partial charge in [0.2, 0.25) is 11.8 Å². The summed E-state index contributed by atoms with van der Waals surface area (Å²) in [5.74, 6) is -1.54. The van der Waals surface area contributed by atoms with Crippen LogP contribution in [0, 0.1) is 19.7 Å². The quantitative estimate of drug-likeness (QED) is 0.511. The van der Waals surface area contributed by atoms with Crippen LogP contribution in [0.15, 0.2) is 65.6 Å². The fraction of sp³-hybridized carbons (Fsp3) is 0.200. The van der Waals surface area contributed by atoms with Gasteiger partial charge in [-0.25, -0.2) is 12.8 Å². The minimum Gasteiger partial charge on any atom is -0.352 e. The summed E-state index contributed by atoms with van der Waals surface area (Å²) < 4.78 is 42.0. The minimum absolute atomic E-state index is 0.000577. The molecule has 3 aromatic rings. The number of halogens is 2. The number of carbonyl (C=O) groups is 2. The molecule has 0 bridgehead atoms. The number of carbonyl (C=O) groups excluding carboxylic acids is 2. The highest BCUT2D eigenvalue weighted by Gasteiger charge is 2.42. The molecule has 2 amide bonds. The normalized spacial score (nSPS) is 15.4. The average Bonchev–Trinajstić information content (AvgIpc) is 2.81. The van der Waals surface area contributed by atoms with Crippen molar-refractivity contribution in [2.24, 2.45) is 0 Å². The first-order chi connectivity index (χ1) is 16.6. The first kappa shape index (κ1) is 24.7. The predicted octanol–water partition coefficient (Wildman–Crippen LogP) is 4.32. The standard InChI is InChI=1S/C25H23ClFN3O4S/c1-15-12-23(16(2)11-19(15)26)35(33,34)30-21-6-4-3-5-20(21)29-25(32)22(30)13-24(31)28-14-17-7-9-18(27)10-8-17/h3-12,22H,13-14H2,1-2H3,(H,28,31)(H,29,32). The molecular weight excluding hydrogens is 493 g/mol. The number of sulfonamides is 1. The van der Waals surface area contributed by atoms with E-state index >= 15 is 0 Å². The van der Waals surface area contributed by atoms with Crippen molar-refractivity contribution in [3.8, 4) is 0 Å². The van der Waals surface area contributed by atoms with Gasteiger partial charge in [-0.3, -0.25) is 13.9 Å². The number of fused-ring (bicyclic) bond motifs is 1. The summed E-state index contributed by atoms with van der Waals surface area (Å²) in [6, 6.07) is 13.8. The number of aryl methyl sites for hydroxylation is 2. The number of hydrogen-bond acceptors (Lipinski definition) is 4. The summed E-state index contributed by atoms with van der Waals surface area (Å²) >= 11 is 6.17. The molecule has 0 saturated carbocycles. The maximum Gasteiger partial charge on any atom is 0.265 e. The minimum atomic E-state index is -4.25. The number of hydrogen-bond donors (Lipinski definition) is 2. The smallest absolute Gasteiger partial charge is 0.265 e. The highest BCUT2D eigenvalue weighted by Crippen LogP contribution is 2.38. The fourth-order valence-electron chi connectivity index (χ4n) is 3.92. The number of nitrogens with zero attached hydrogens (tertiary/aromatic N) is 1. The summed E-state index contributed by atoms with van der Waals surface area (Å²) in [4.78, 5) is 25.8. The molecule has 4 rings (SSSR count). The third kappa shape index (κ3) is 5.01. The summed E-state index contributed by atoms with van der Waals surface area (Å²) in [6.07, 6.45) is -0.411. The van der Waals surface area contributed by atoms with Crippen LogP contribution in [0.1, 0.15) is 23.1 Å². The van der Waals surface area contributed by atoms with Crippen LogP contribution >= 0.6 is 11.6 Å². The third-order valence-corrected chi connectivity index (χ3v) is 8.13. The van der Waals surface area contributed by atoms with Crippen molar-refractivity contribution in [3.63, 3.8) is 0 Å². The number of para-hydroxylation sites is 2. The van der Waals surface area contributed by atoms with E-state index in [0.29, 0.717) is 27.4 Å². The second kappa shape index (κ2) is 9.67. The Balaban J connectivity index is 1.69. The summed E-state index contributed by atoms with van der Waals surface area (Å²) in [5, 5.41) is 5.79. The van der Waals surface area contributed by atoms with Gasteiger partial charge in [0, 0.05) is 11.6 Å². The molecule has 0 fully saturated rings. The molecule has 1 heterocycles. The van der Waals surface area contributed by atoms with Gasteiger partial charge in [0.25, 0.3) is 10.0 Å². The topological polar surface area (TPSA) is 95.6 Å². The van der Waals surface area contributed by atoms with E-state index in [1.165, 1.54) is 30.3 Å². The van der Waals surface area contributed by atoms with Gasteiger partial charge >= 0.3 is 0 Å². The van der Waals surface area contributed by atoms with E-state index in [1.807, 2.05) is 0 Å². The van der Waals surface area contributed by atoms with E-state index in [2.05, 4.69) is 10.6 Å². The lowest BCUT2D eigenvalue weighted by Gasteiger charge is -2.37. The Hall–Kier alpha value is -3.43. The Morgan fingerprint density at radius 3 is 2.49 bits per heavy atom. The van der Waals surface area contributed by atoms with Gasteiger partial charge in [-0.15, -0.1) is 0 Å². The Bertz CT molecular complexity index is 1410. The fourth-order valence-corrected chi connectivity index (χ4v) is 6.07. The van der Waals surface area contributed by atoms with E-state index in [1.54, 1.807) is 44.2 Å². The van der Waals surface area contributed by atoms with Gasteiger partial charge in [0.15, 0.2) is 0 Å². The summed E-state index contributed by atoms with van der Waals surface area (Å²) in [6.45, 7) is 3.42. The van der Waals surface area contributed by atoms with Crippen LogP contribution in [0.3, 0.4) is 0 Å². The van der Waals surface area contributed by atoms with Crippen molar-refractivity contribution in [1.29, 1.82) is 0 Å². The molecule has 2 N–H and O–H groups in total. The highest BCUT2D eigenvalue weighted by molar-refractivity contribution is 7.93. The first-order valence-electron chi connectivity index (χ1n) is 10.8. The van der Waals surface area contributed by atoms with Crippen molar-refractivity contribution >= 4 is 44.8 Å². The van der Waals surface area contributed by atoms with E-state index in [0.717, 1.165) is 4.31 Å². The third-order valence-electron chi connectivity index (χ3n) is 5.76. The molecule has 7 nitrogen and oxygen atoms in total. The second-order valence-electron chi connectivity index (χ2n) is 8.30. The molecule has 0 aliphatic carbocycles. The molecule has 0 spiro atoms. The SMILES string of the molecule is Cc1cc(S(=O)(=O)N2c3ccccc3NC(=O)C2CC(=O)NCc2ccc(F)cc2)c(C)cc1Cl. The largest absolute Gasteiger partial charge is 0.352 e. The number of nitrogens with one attached hydrogen (secondary N) is 2. The number of rotatable bonds is 6. The zero-order valence-electron chi connectivity index (χ0n) is 19.0. The second-order valence-corrected chi connectivity index (χ2v) is 10.5. The zero-order valence-corrected chi connectivity index (χ0v) is 20.6. The molecule has 10 heteroatoms. The van der Waals surface area contributed by atoms with E-state index in [9.17, 15) is 22.4 Å². The van der Waals surface area contributed by atoms with Crippen molar-refractivity contribution in [2.45, 2.75) is 37.8 Å². The first-order valence-corrected chi connectivity index (χ1v) is 12.6. The van der Waals surface area contributed by atoms with E-state index < -0.39 is 40.1 Å². The van der Waals surface area contributed by atoms with Gasteiger partial charge in [0.1, 0.15) is 11.9 Å². The number of benzene rings is 3. The zero-order chi connectivity index (χ0) is 25.3. The van der Waals surface area contributed by atoms with Crippen LogP contribution in [-0.4, -0.2) is 26.3 Å². The molecule has 0 radical (unpaired) electrons. The van der Waals surface area contributed by atoms with Crippen molar-refractivity contribution < 1.29 is 22.4 Å². The number of amides is 2. The molecule has 1 unspecified atom stereocenters. The molecule has 35 heavy (non-hydrogen) atoms. The van der Waals surface area contributed by atoms with Crippen molar-refractivity contribution in [1.82, 2.24) is 5.32 Å². The average molecular weight is 516 g/mol. The predicted molar refractivity (Wildman–Crippen MR) is 132 cm³/mol. The molecule has 0 saturated heterocycles. The lowest BCUT2D eigenvalue weighted by molar-refractivity contribution is -0.125. The summed E-state index contributed by atoms with van der Waals surface area (Å²) in [5.41, 5.74) is 2.24. The molecule has 1 aliphatic rings. The number of anilines is 2. The van der Waals surface area contributed by atoms with Gasteiger partial charge < -0.3 is 10.6 Å². The van der Waals surface area contributed by atoms with Crippen LogP contribution in [0.4, 0.5) is 15.8 Å². The van der Waals surface area contributed by atoms with Gasteiger partial charge in [0.05, 0.1) is 22.7 Å². The molecular formula is C25H23ClFN3O4S. The lowest BCUT2D eigenvalue weighted by atomic mass is 10.1. The van der Waals surface area contributed by atoms with Crippen LogP contribution in [0.2, 0.25) is 5.02 Å². The van der Waals surface area contributed by atoms with Gasteiger partial charge in [-0.05, 0) is 66.9 Å². The van der Waals surface area contributed by atoms with Crippen LogP contribution in [-0.2, 0) is 26.2 Å². The van der Waals surface area contributed by atoms with Gasteiger partial charge in [-0.2, -0.15) is 0 Å². The maximum absolute atomic E-state index is 13.9. The van der Waals surface area contributed by atoms with Crippen molar-refractivity contribution in [2.75, 3.05) is 9.62 Å². The Morgan fingerprint density at radius 1 is 1.09 bits per heavy atom. The Kier molecular flexibility index (Phi) is 6.82. The van der Waals surface area contributed by atoms with E-state index in [4.69, 9.17) is 11.6 Å². The van der Waals surface area contributed by atoms with Crippen LogP contribution in [0.5, 0.6) is 0 Å². The lowest BCUT2D eigenvalue weighted by Crippen LogP contribution is -2.52. The van der Waals surface area contributed by atoms with Crippen LogP contribution < -0.4 is 14.9 Å². The maximum atomic E-state index is 13.9. The summed E-state index contributed by atoms with van der Waals surface area (Å²) in [7, 11) is -4.25. The van der Waals surface area contributed by atoms with Gasteiger partial charge in [-0.1, -0.05) is 35.9 Å². The molecule has 182 valence electrons. The molecule has 1 aliphatic heterocycles. The van der Waals surface area contributed by atoms with E-state index in [-0.39, 0.29) is 17.1 Å². The Morgan fingerprint density at radius 2 is 1.77 bits per heavy atom. The molecule has 0 aromatic heterocycles. The Labute approximate surface area is 208 Å². The van der Waals surface area contributed by atoms with Crippen molar-refractivity contribution in [3.05, 3.63) is 88.2 Å².